The number of hydrogen-bond acceptors (Lipinski definition) is 3. The second-order valence-corrected chi connectivity index (χ2v) is 4.16. The van der Waals surface area contributed by atoms with E-state index in [1.165, 1.54) is 0 Å². The first kappa shape index (κ1) is 11.4. The maximum Gasteiger partial charge on any atom is 0.414 e. The molecule has 1 atom stereocenters. The molecule has 0 aliphatic carbocycles. The first-order valence-electron chi connectivity index (χ1n) is 5.37. The Hall–Kier alpha value is -2.04. The summed E-state index contributed by atoms with van der Waals surface area (Å²) in [6.07, 6.45) is -0.358. The molecule has 2 N–H and O–H groups in total. The third-order valence-corrected chi connectivity index (χ3v) is 2.84. The normalized spacial score (nSPS) is 19.3. The van der Waals surface area contributed by atoms with Crippen molar-refractivity contribution in [1.82, 2.24) is 0 Å². The van der Waals surface area contributed by atoms with Gasteiger partial charge in [-0.05, 0) is 37.6 Å². The Balaban J connectivity index is 2.38. The highest BCUT2D eigenvalue weighted by Crippen LogP contribution is 2.25. The van der Waals surface area contributed by atoms with Crippen molar-refractivity contribution in [3.63, 3.8) is 0 Å². The molecule has 1 aliphatic heterocycles. The van der Waals surface area contributed by atoms with Gasteiger partial charge in [0.15, 0.2) is 0 Å². The first-order chi connectivity index (χ1) is 8.00. The Morgan fingerprint density at radius 3 is 2.71 bits per heavy atom. The number of cyclic esters (lactones) is 1. The average molecular weight is 234 g/mol. The smallest absolute Gasteiger partial charge is 0.414 e. The molecule has 0 radical (unpaired) electrons. The highest BCUT2D eigenvalue weighted by Gasteiger charge is 2.31. The lowest BCUT2D eigenvalue weighted by atomic mass is 10.1. The molecule has 2 rings (SSSR count). The molecule has 5 nitrogen and oxygen atoms in total. The molecule has 5 heteroatoms. The molecule has 17 heavy (non-hydrogen) atoms. The third-order valence-electron chi connectivity index (χ3n) is 2.84. The molecule has 1 fully saturated rings. The summed E-state index contributed by atoms with van der Waals surface area (Å²) in [7, 11) is 0. The molecule has 1 aromatic rings. The molecule has 1 heterocycles. The van der Waals surface area contributed by atoms with Crippen LogP contribution in [0.2, 0.25) is 0 Å². The fourth-order valence-electron chi connectivity index (χ4n) is 1.95. The van der Waals surface area contributed by atoms with Crippen LogP contribution in [0.4, 0.5) is 10.5 Å². The Labute approximate surface area is 99.2 Å². The quantitative estimate of drug-likeness (QED) is 0.841. The summed E-state index contributed by atoms with van der Waals surface area (Å²) in [5, 5.41) is 0. The number of nitrogens with two attached hydrogens (primary N) is 1. The highest BCUT2D eigenvalue weighted by molar-refractivity contribution is 5.96. The summed E-state index contributed by atoms with van der Waals surface area (Å²) < 4.78 is 4.95. The minimum atomic E-state index is -0.467. The fourth-order valence-corrected chi connectivity index (χ4v) is 1.95. The van der Waals surface area contributed by atoms with Crippen LogP contribution in [0, 0.1) is 6.92 Å². The van der Waals surface area contributed by atoms with Crippen LogP contribution < -0.4 is 10.6 Å². The van der Waals surface area contributed by atoms with Crippen molar-refractivity contribution in [1.29, 1.82) is 0 Å². The number of anilines is 1. The van der Waals surface area contributed by atoms with E-state index >= 15 is 0 Å². The molecule has 1 aliphatic rings. The fraction of sp³-hybridized carbons (Fsp3) is 0.333. The van der Waals surface area contributed by atoms with E-state index in [0.29, 0.717) is 12.2 Å². The molecule has 0 bridgehead atoms. The summed E-state index contributed by atoms with van der Waals surface area (Å²) in [6.45, 7) is 4.08. The van der Waals surface area contributed by atoms with E-state index in [0.717, 1.165) is 11.3 Å². The maximum absolute atomic E-state index is 11.5. The maximum atomic E-state index is 11.5. The van der Waals surface area contributed by atoms with Crippen molar-refractivity contribution in [2.24, 2.45) is 5.73 Å². The predicted octanol–water partition coefficient (Wildman–Crippen LogP) is 1.44. The minimum absolute atomic E-state index is 0.00123. The van der Waals surface area contributed by atoms with Crippen LogP contribution in [0.15, 0.2) is 18.2 Å². The number of carbonyl (C=O) groups is 2. The molecule has 1 saturated heterocycles. The lowest BCUT2D eigenvalue weighted by Gasteiger charge is -2.19. The molecular formula is C12H14N2O3. The van der Waals surface area contributed by atoms with Gasteiger partial charge in [0.2, 0.25) is 5.91 Å². The van der Waals surface area contributed by atoms with Crippen LogP contribution in [0.5, 0.6) is 0 Å². The second kappa shape index (κ2) is 4.08. The van der Waals surface area contributed by atoms with Crippen LogP contribution in [0.1, 0.15) is 22.8 Å². The van der Waals surface area contributed by atoms with Gasteiger partial charge in [0.05, 0.1) is 6.04 Å². The molecule has 1 aromatic carbocycles. The van der Waals surface area contributed by atoms with Crippen molar-refractivity contribution >= 4 is 17.7 Å². The van der Waals surface area contributed by atoms with Gasteiger partial charge in [-0.15, -0.1) is 0 Å². The van der Waals surface area contributed by atoms with Gasteiger partial charge in [-0.1, -0.05) is 0 Å². The number of hydrogen-bond donors (Lipinski definition) is 1. The molecule has 0 saturated carbocycles. The van der Waals surface area contributed by atoms with Gasteiger partial charge in [-0.25, -0.2) is 4.79 Å². The second-order valence-electron chi connectivity index (χ2n) is 4.16. The molecule has 90 valence electrons. The number of amides is 2. The van der Waals surface area contributed by atoms with Crippen LogP contribution in [0.25, 0.3) is 0 Å². The zero-order chi connectivity index (χ0) is 12.6. The third kappa shape index (κ3) is 1.95. The zero-order valence-corrected chi connectivity index (χ0v) is 9.77. The van der Waals surface area contributed by atoms with E-state index in [9.17, 15) is 9.59 Å². The monoisotopic (exact) mass is 234 g/mol. The standard InChI is InChI=1S/C12H14N2O3/c1-7-5-9(3-4-10(7)11(13)15)14-8(2)6-17-12(14)16/h3-5,8H,6H2,1-2H3,(H2,13,15)/t8-/m1/s1. The Morgan fingerprint density at radius 2 is 2.24 bits per heavy atom. The molecule has 0 aromatic heterocycles. The van der Waals surface area contributed by atoms with Crippen molar-refractivity contribution < 1.29 is 14.3 Å². The number of rotatable bonds is 2. The van der Waals surface area contributed by atoms with Gasteiger partial charge in [-0.2, -0.15) is 0 Å². The van der Waals surface area contributed by atoms with E-state index in [1.807, 2.05) is 6.92 Å². The van der Waals surface area contributed by atoms with Gasteiger partial charge in [-0.3, -0.25) is 9.69 Å². The van der Waals surface area contributed by atoms with Crippen molar-refractivity contribution in [2.45, 2.75) is 19.9 Å². The molecular weight excluding hydrogens is 220 g/mol. The number of primary amides is 1. The summed E-state index contributed by atoms with van der Waals surface area (Å²) in [5.41, 5.74) is 7.17. The van der Waals surface area contributed by atoms with Crippen molar-refractivity contribution in [3.05, 3.63) is 29.3 Å². The van der Waals surface area contributed by atoms with Gasteiger partial charge in [0.25, 0.3) is 0 Å². The van der Waals surface area contributed by atoms with E-state index in [2.05, 4.69) is 0 Å². The zero-order valence-electron chi connectivity index (χ0n) is 9.77. The minimum Gasteiger partial charge on any atom is -0.447 e. The predicted molar refractivity (Wildman–Crippen MR) is 63.0 cm³/mol. The van der Waals surface area contributed by atoms with Gasteiger partial charge in [0.1, 0.15) is 6.61 Å². The SMILES string of the molecule is Cc1cc(N2C(=O)OC[C@H]2C)ccc1C(N)=O. The largest absolute Gasteiger partial charge is 0.447 e. The van der Waals surface area contributed by atoms with Crippen LogP contribution in [0.3, 0.4) is 0 Å². The number of carbonyl (C=O) groups excluding carboxylic acids is 2. The number of nitrogens with zero attached hydrogens (tertiary/aromatic N) is 1. The van der Waals surface area contributed by atoms with Crippen molar-refractivity contribution in [2.75, 3.05) is 11.5 Å². The summed E-state index contributed by atoms with van der Waals surface area (Å²) >= 11 is 0. The average Bonchev–Trinajstić information content (AvgIpc) is 2.58. The molecule has 0 spiro atoms. The summed E-state index contributed by atoms with van der Waals surface area (Å²) in [5.74, 6) is -0.467. The number of aryl methyl sites for hydroxylation is 1. The van der Waals surface area contributed by atoms with Crippen LogP contribution in [-0.2, 0) is 4.74 Å². The number of benzene rings is 1. The summed E-state index contributed by atoms with van der Waals surface area (Å²) in [4.78, 5) is 24.2. The van der Waals surface area contributed by atoms with Crippen molar-refractivity contribution in [3.8, 4) is 0 Å². The van der Waals surface area contributed by atoms with E-state index in [-0.39, 0.29) is 12.1 Å². The van der Waals surface area contributed by atoms with Gasteiger partial charge < -0.3 is 10.5 Å². The Morgan fingerprint density at radius 1 is 1.53 bits per heavy atom. The highest BCUT2D eigenvalue weighted by atomic mass is 16.6. The first-order valence-corrected chi connectivity index (χ1v) is 5.37. The lowest BCUT2D eigenvalue weighted by molar-refractivity contribution is 0.0999. The molecule has 0 unspecified atom stereocenters. The Bertz CT molecular complexity index is 485. The van der Waals surface area contributed by atoms with E-state index < -0.39 is 5.91 Å². The summed E-state index contributed by atoms with van der Waals surface area (Å²) in [6, 6.07) is 5.10. The van der Waals surface area contributed by atoms with Crippen LogP contribution in [-0.4, -0.2) is 24.6 Å². The van der Waals surface area contributed by atoms with E-state index in [4.69, 9.17) is 10.5 Å². The van der Waals surface area contributed by atoms with Gasteiger partial charge in [0, 0.05) is 11.3 Å². The topological polar surface area (TPSA) is 72.6 Å². The lowest BCUT2D eigenvalue weighted by Crippen LogP contribution is -2.31. The molecule has 2 amide bonds. The number of ether oxygens (including phenoxy) is 1. The van der Waals surface area contributed by atoms with Gasteiger partial charge >= 0.3 is 6.09 Å². The van der Waals surface area contributed by atoms with Crippen LogP contribution >= 0.6 is 0 Å². The Kier molecular flexibility index (Phi) is 2.75. The van der Waals surface area contributed by atoms with E-state index in [1.54, 1.807) is 30.0 Å².